The molecule has 6 rings (SSSR count). The number of likely N-dealkylation sites (N-methyl/N-ethyl adjacent to an activating group) is 1. The Balaban J connectivity index is 1.97. The number of aliphatic carboxylic acids is 1. The van der Waals surface area contributed by atoms with Gasteiger partial charge in [0, 0.05) is 18.0 Å². The fourth-order valence-electron chi connectivity index (χ4n) is 7.54. The third-order valence-electron chi connectivity index (χ3n) is 8.47. The Hall–Kier alpha value is -1.89. The van der Waals surface area contributed by atoms with Crippen molar-refractivity contribution < 1.29 is 24.6 Å². The molecule has 6 heteroatoms. The number of benzene rings is 1. The molecule has 1 aromatic carbocycles. The molecule has 1 aliphatic carbocycles. The van der Waals surface area contributed by atoms with Crippen molar-refractivity contribution in [3.8, 4) is 0 Å². The van der Waals surface area contributed by atoms with E-state index >= 15 is 0 Å². The summed E-state index contributed by atoms with van der Waals surface area (Å²) in [6.07, 6.45) is 2.29. The number of aliphatic hydroxyl groups is 2. The van der Waals surface area contributed by atoms with Crippen LogP contribution in [0.2, 0.25) is 0 Å². The Morgan fingerprint density at radius 3 is 2.81 bits per heavy atom. The number of anilines is 1. The van der Waals surface area contributed by atoms with Crippen LogP contribution in [-0.4, -0.2) is 64.3 Å². The lowest BCUT2D eigenvalue weighted by Gasteiger charge is -2.58. The summed E-state index contributed by atoms with van der Waals surface area (Å²) in [4.78, 5) is 13.0. The zero-order chi connectivity index (χ0) is 19.2. The third-order valence-corrected chi connectivity index (χ3v) is 8.47. The molecule has 0 amide bonds. The van der Waals surface area contributed by atoms with Gasteiger partial charge in [-0.1, -0.05) is 24.3 Å². The highest BCUT2D eigenvalue weighted by molar-refractivity contribution is 5.84. The van der Waals surface area contributed by atoms with Gasteiger partial charge in [0.05, 0.1) is 25.6 Å². The molecule has 4 N–H and O–H groups in total. The minimum atomic E-state index is -1.36. The number of hydrogen-bond donors (Lipinski definition) is 4. The van der Waals surface area contributed by atoms with E-state index in [9.17, 15) is 20.1 Å². The smallest absolute Gasteiger partial charge is 0.313 e. The van der Waals surface area contributed by atoms with Crippen LogP contribution < -0.4 is 5.32 Å². The number of nitrogens with one attached hydrogen (secondary N) is 1. The van der Waals surface area contributed by atoms with Gasteiger partial charge >= 0.3 is 5.97 Å². The molecular formula is C21H27N2O4+. The van der Waals surface area contributed by atoms with Gasteiger partial charge < -0.3 is 20.6 Å². The van der Waals surface area contributed by atoms with Crippen LogP contribution in [0.1, 0.15) is 25.3 Å². The number of quaternary nitrogens is 1. The standard InChI is InChI=1S/C21H26N2O4/c1-3-13-11-23(2)9-8-20-14-6-4-5-7-16(14)22-21(20,23)17(25)10-15(13)19(20,12-24)18(26)27/h3-7,15,17,22,24-25H,8-12H2,1-2H3/p+1/b13-3-/t15-,17-,19?,20-,21-,23?/m0/s1. The predicted octanol–water partition coefficient (Wildman–Crippen LogP) is 1.30. The molecule has 27 heavy (non-hydrogen) atoms. The monoisotopic (exact) mass is 371 g/mol. The third kappa shape index (κ3) is 1.45. The Kier molecular flexibility index (Phi) is 3.14. The largest absolute Gasteiger partial charge is 0.481 e. The van der Waals surface area contributed by atoms with Gasteiger partial charge in [0.1, 0.15) is 18.1 Å². The second kappa shape index (κ2) is 4.93. The van der Waals surface area contributed by atoms with Gasteiger partial charge in [0.15, 0.2) is 0 Å². The molecule has 0 radical (unpaired) electrons. The van der Waals surface area contributed by atoms with E-state index in [4.69, 9.17) is 0 Å². The number of para-hydroxylation sites is 1. The first-order valence-electron chi connectivity index (χ1n) is 9.74. The Labute approximate surface area is 158 Å². The normalized spacial score (nSPS) is 48.1. The number of carbonyl (C=O) groups is 1. The molecule has 144 valence electrons. The molecule has 4 fully saturated rings. The van der Waals surface area contributed by atoms with E-state index in [1.807, 2.05) is 37.3 Å². The number of carboxylic acid groups (broad SMARTS) is 1. The highest BCUT2D eigenvalue weighted by Crippen LogP contribution is 2.73. The first kappa shape index (κ1) is 17.2. The van der Waals surface area contributed by atoms with E-state index in [1.54, 1.807) is 0 Å². The van der Waals surface area contributed by atoms with Crippen LogP contribution in [0.3, 0.4) is 0 Å². The van der Waals surface area contributed by atoms with Gasteiger partial charge in [-0.2, -0.15) is 0 Å². The molecule has 4 aliphatic heterocycles. The Bertz CT molecular complexity index is 885. The van der Waals surface area contributed by atoms with E-state index in [2.05, 4.69) is 12.4 Å². The summed E-state index contributed by atoms with van der Waals surface area (Å²) in [6.45, 7) is 2.96. The maximum Gasteiger partial charge on any atom is 0.313 e. The van der Waals surface area contributed by atoms with Gasteiger partial charge in [-0.05, 0) is 30.5 Å². The van der Waals surface area contributed by atoms with Crippen molar-refractivity contribution in [3.63, 3.8) is 0 Å². The fourth-order valence-corrected chi connectivity index (χ4v) is 7.54. The Morgan fingerprint density at radius 1 is 1.41 bits per heavy atom. The number of fused-ring (bicyclic) bond motifs is 3. The first-order valence-corrected chi connectivity index (χ1v) is 9.74. The van der Waals surface area contributed by atoms with Crippen LogP contribution in [0, 0.1) is 11.3 Å². The maximum absolute atomic E-state index is 13.0. The second-order valence-corrected chi connectivity index (χ2v) is 8.97. The topological polar surface area (TPSA) is 89.8 Å². The summed E-state index contributed by atoms with van der Waals surface area (Å²) in [5, 5.41) is 36.4. The minimum absolute atomic E-state index is 0.350. The zero-order valence-corrected chi connectivity index (χ0v) is 15.8. The highest BCUT2D eigenvalue weighted by atomic mass is 16.4. The van der Waals surface area contributed by atoms with Crippen molar-refractivity contribution in [2.24, 2.45) is 11.3 Å². The molecule has 6 nitrogen and oxygen atoms in total. The lowest BCUT2D eigenvalue weighted by Crippen LogP contribution is -2.78. The summed E-state index contributed by atoms with van der Waals surface area (Å²) in [5.41, 5.74) is -0.204. The van der Waals surface area contributed by atoms with Crippen LogP contribution in [0.15, 0.2) is 35.9 Å². The number of rotatable bonds is 2. The van der Waals surface area contributed by atoms with Crippen LogP contribution >= 0.6 is 0 Å². The second-order valence-electron chi connectivity index (χ2n) is 8.97. The molecule has 1 saturated carbocycles. The summed E-state index contributed by atoms with van der Waals surface area (Å²) < 4.78 is 0.550. The number of hydrogen-bond acceptors (Lipinski definition) is 4. The minimum Gasteiger partial charge on any atom is -0.481 e. The summed E-state index contributed by atoms with van der Waals surface area (Å²) in [7, 11) is 2.13. The lowest BCUT2D eigenvalue weighted by molar-refractivity contribution is -0.944. The van der Waals surface area contributed by atoms with Crippen molar-refractivity contribution in [2.45, 2.75) is 36.9 Å². The molecule has 1 spiro atoms. The van der Waals surface area contributed by atoms with Crippen molar-refractivity contribution in [3.05, 3.63) is 41.5 Å². The molecule has 0 aromatic heterocycles. The van der Waals surface area contributed by atoms with Crippen molar-refractivity contribution in [2.75, 3.05) is 32.1 Å². The molecule has 4 heterocycles. The quantitative estimate of drug-likeness (QED) is 0.465. The van der Waals surface area contributed by atoms with E-state index < -0.39 is 35.2 Å². The zero-order valence-electron chi connectivity index (χ0n) is 15.8. The van der Waals surface area contributed by atoms with E-state index in [-0.39, 0.29) is 5.92 Å². The van der Waals surface area contributed by atoms with Crippen LogP contribution in [0.4, 0.5) is 5.69 Å². The predicted molar refractivity (Wildman–Crippen MR) is 100 cm³/mol. The van der Waals surface area contributed by atoms with Gasteiger partial charge in [-0.25, -0.2) is 0 Å². The summed E-state index contributed by atoms with van der Waals surface area (Å²) in [5.74, 6) is -1.35. The number of carboxylic acids is 1. The van der Waals surface area contributed by atoms with Crippen LogP contribution in [-0.2, 0) is 10.2 Å². The van der Waals surface area contributed by atoms with Crippen molar-refractivity contribution in [1.29, 1.82) is 0 Å². The van der Waals surface area contributed by atoms with Gasteiger partial charge in [-0.3, -0.25) is 9.28 Å². The van der Waals surface area contributed by atoms with Crippen molar-refractivity contribution in [1.82, 2.24) is 0 Å². The fraction of sp³-hybridized carbons (Fsp3) is 0.571. The molecule has 3 saturated heterocycles. The van der Waals surface area contributed by atoms with Crippen molar-refractivity contribution >= 4 is 11.7 Å². The summed E-state index contributed by atoms with van der Waals surface area (Å²) >= 11 is 0. The molecule has 1 aromatic rings. The molecule has 5 aliphatic rings. The Morgan fingerprint density at radius 2 is 2.15 bits per heavy atom. The van der Waals surface area contributed by atoms with E-state index in [1.165, 1.54) is 0 Å². The van der Waals surface area contributed by atoms with E-state index in [0.717, 1.165) is 23.4 Å². The molecule has 6 atom stereocenters. The molecule has 4 bridgehead atoms. The highest BCUT2D eigenvalue weighted by Gasteiger charge is 2.87. The summed E-state index contributed by atoms with van der Waals surface area (Å²) in [6, 6.07) is 7.83. The van der Waals surface area contributed by atoms with Gasteiger partial charge in [-0.15, -0.1) is 0 Å². The number of allylic oxidation sites excluding steroid dienone is 1. The maximum atomic E-state index is 13.0. The van der Waals surface area contributed by atoms with Crippen LogP contribution in [0.25, 0.3) is 0 Å². The van der Waals surface area contributed by atoms with Gasteiger partial charge in [0.2, 0.25) is 5.66 Å². The van der Waals surface area contributed by atoms with Gasteiger partial charge in [0.25, 0.3) is 0 Å². The number of aliphatic hydroxyl groups excluding tert-OH is 2. The average Bonchev–Trinajstić information content (AvgIpc) is 3.06. The average molecular weight is 371 g/mol. The number of nitrogens with zero attached hydrogens (tertiary/aromatic N) is 1. The molecule has 2 unspecified atom stereocenters. The molecular weight excluding hydrogens is 344 g/mol. The lowest BCUT2D eigenvalue weighted by atomic mass is 9.45. The van der Waals surface area contributed by atoms with E-state index in [0.29, 0.717) is 23.9 Å². The van der Waals surface area contributed by atoms with Crippen LogP contribution in [0.5, 0.6) is 0 Å². The first-order chi connectivity index (χ1) is 12.8. The SMILES string of the molecule is C/C=C1/C[N+]2(C)CC[C@@]34c5ccccc5N[C@]32[C@@H](O)C[C@@H]1C4(CO)C(=O)O.